The zero-order chi connectivity index (χ0) is 10.3. The number of aromatic amines is 2. The first-order chi connectivity index (χ1) is 6.53. The molecule has 1 atom stereocenters. The predicted octanol–water partition coefficient (Wildman–Crippen LogP) is -0.604. The SMILES string of the molecule is Cl.NC1(C(=O)O)CCc2[nH][nH]c(=O)c2C1. The summed E-state index contributed by atoms with van der Waals surface area (Å²) in [6.45, 7) is 0. The highest BCUT2D eigenvalue weighted by molar-refractivity contribution is 5.85. The molecule has 5 N–H and O–H groups in total. The number of hydrogen-bond donors (Lipinski definition) is 4. The van der Waals surface area contributed by atoms with Crippen molar-refractivity contribution in [2.75, 3.05) is 0 Å². The predicted molar refractivity (Wildman–Crippen MR) is 55.2 cm³/mol. The van der Waals surface area contributed by atoms with Crippen LogP contribution in [0.5, 0.6) is 0 Å². The van der Waals surface area contributed by atoms with E-state index >= 15 is 0 Å². The summed E-state index contributed by atoms with van der Waals surface area (Å²) in [7, 11) is 0. The average Bonchev–Trinajstić information content (AvgIpc) is 2.48. The maximum absolute atomic E-state index is 11.2. The molecule has 0 spiro atoms. The van der Waals surface area contributed by atoms with Gasteiger partial charge in [0.15, 0.2) is 0 Å². The van der Waals surface area contributed by atoms with Crippen LogP contribution in [0.25, 0.3) is 0 Å². The summed E-state index contributed by atoms with van der Waals surface area (Å²) in [5, 5.41) is 14.0. The van der Waals surface area contributed by atoms with Crippen molar-refractivity contribution >= 4 is 18.4 Å². The lowest BCUT2D eigenvalue weighted by Crippen LogP contribution is -2.52. The van der Waals surface area contributed by atoms with Crippen molar-refractivity contribution in [3.8, 4) is 0 Å². The first-order valence-corrected chi connectivity index (χ1v) is 4.33. The number of rotatable bonds is 1. The zero-order valence-corrected chi connectivity index (χ0v) is 8.69. The Bertz CT molecular complexity index is 439. The topological polar surface area (TPSA) is 112 Å². The van der Waals surface area contributed by atoms with Crippen molar-refractivity contribution in [2.24, 2.45) is 5.73 Å². The van der Waals surface area contributed by atoms with Gasteiger partial charge < -0.3 is 15.9 Å². The normalized spacial score (nSPS) is 24.1. The number of carbonyl (C=O) groups is 1. The smallest absolute Gasteiger partial charge is 0.324 e. The zero-order valence-electron chi connectivity index (χ0n) is 7.87. The minimum absolute atomic E-state index is 0. The molecule has 0 aromatic carbocycles. The van der Waals surface area contributed by atoms with Crippen molar-refractivity contribution in [1.29, 1.82) is 0 Å². The van der Waals surface area contributed by atoms with Gasteiger partial charge >= 0.3 is 5.97 Å². The monoisotopic (exact) mass is 233 g/mol. The second kappa shape index (κ2) is 3.71. The third-order valence-electron chi connectivity index (χ3n) is 2.70. The highest BCUT2D eigenvalue weighted by atomic mass is 35.5. The van der Waals surface area contributed by atoms with Crippen molar-refractivity contribution in [1.82, 2.24) is 10.2 Å². The van der Waals surface area contributed by atoms with E-state index in [-0.39, 0.29) is 24.4 Å². The summed E-state index contributed by atoms with van der Waals surface area (Å²) >= 11 is 0. The lowest BCUT2D eigenvalue weighted by molar-refractivity contribution is -0.143. The largest absolute Gasteiger partial charge is 0.480 e. The summed E-state index contributed by atoms with van der Waals surface area (Å²) in [6.07, 6.45) is 0.941. The van der Waals surface area contributed by atoms with Crippen LogP contribution < -0.4 is 11.3 Å². The molecule has 84 valence electrons. The molecule has 7 heteroatoms. The maximum atomic E-state index is 11.2. The van der Waals surface area contributed by atoms with Gasteiger partial charge in [0.1, 0.15) is 5.54 Å². The van der Waals surface area contributed by atoms with E-state index < -0.39 is 11.5 Å². The number of carboxylic acid groups (broad SMARTS) is 1. The highest BCUT2D eigenvalue weighted by Gasteiger charge is 2.39. The molecule has 0 amide bonds. The minimum Gasteiger partial charge on any atom is -0.480 e. The molecule has 0 saturated heterocycles. The van der Waals surface area contributed by atoms with Gasteiger partial charge in [-0.1, -0.05) is 0 Å². The van der Waals surface area contributed by atoms with Crippen LogP contribution in [0.3, 0.4) is 0 Å². The summed E-state index contributed by atoms with van der Waals surface area (Å²) in [4.78, 5) is 22.1. The molecular weight excluding hydrogens is 222 g/mol. The molecule has 1 aliphatic rings. The number of aryl methyl sites for hydroxylation is 1. The fourth-order valence-corrected chi connectivity index (χ4v) is 1.75. The Hall–Kier alpha value is -1.27. The van der Waals surface area contributed by atoms with Crippen LogP contribution in [-0.4, -0.2) is 26.8 Å². The van der Waals surface area contributed by atoms with Crippen LogP contribution in [-0.2, 0) is 17.6 Å². The summed E-state index contributed by atoms with van der Waals surface area (Å²) in [6, 6.07) is 0. The van der Waals surface area contributed by atoms with E-state index in [1.807, 2.05) is 0 Å². The van der Waals surface area contributed by atoms with Gasteiger partial charge in [-0.05, 0) is 12.8 Å². The third-order valence-corrected chi connectivity index (χ3v) is 2.70. The van der Waals surface area contributed by atoms with E-state index in [9.17, 15) is 9.59 Å². The molecule has 0 bridgehead atoms. The molecule has 1 aromatic rings. The fourth-order valence-electron chi connectivity index (χ4n) is 1.75. The quantitative estimate of drug-likeness (QED) is 0.519. The van der Waals surface area contributed by atoms with Crippen LogP contribution in [0.2, 0.25) is 0 Å². The molecule has 1 heterocycles. The van der Waals surface area contributed by atoms with E-state index in [0.29, 0.717) is 18.4 Å². The minimum atomic E-state index is -1.29. The van der Waals surface area contributed by atoms with Crippen LogP contribution >= 0.6 is 12.4 Å². The summed E-state index contributed by atoms with van der Waals surface area (Å²) < 4.78 is 0. The molecule has 0 fully saturated rings. The number of hydrogen-bond acceptors (Lipinski definition) is 3. The molecule has 1 unspecified atom stereocenters. The molecule has 0 radical (unpaired) electrons. The maximum Gasteiger partial charge on any atom is 0.324 e. The lowest BCUT2D eigenvalue weighted by Gasteiger charge is -2.27. The Kier molecular flexibility index (Phi) is 2.92. The van der Waals surface area contributed by atoms with Crippen molar-refractivity contribution < 1.29 is 9.90 Å². The Morgan fingerprint density at radius 3 is 2.73 bits per heavy atom. The number of nitrogens with one attached hydrogen (secondary N) is 2. The molecule has 6 nitrogen and oxygen atoms in total. The van der Waals surface area contributed by atoms with Crippen molar-refractivity contribution in [3.63, 3.8) is 0 Å². The Morgan fingerprint density at radius 2 is 2.13 bits per heavy atom. The van der Waals surface area contributed by atoms with Gasteiger partial charge in [-0.3, -0.25) is 14.7 Å². The molecule has 15 heavy (non-hydrogen) atoms. The highest BCUT2D eigenvalue weighted by Crippen LogP contribution is 2.23. The molecule has 0 saturated carbocycles. The standard InChI is InChI=1S/C8H11N3O3.ClH/c9-8(7(13)14)2-1-5-4(3-8)6(12)11-10-5;/h1-3,9H2,(H,13,14)(H2,10,11,12);1H. The molecular formula is C8H12ClN3O3. The first-order valence-electron chi connectivity index (χ1n) is 4.33. The fraction of sp³-hybridized carbons (Fsp3) is 0.500. The number of H-pyrrole nitrogens is 2. The molecule has 2 rings (SSSR count). The number of fused-ring (bicyclic) bond motifs is 1. The second-order valence-corrected chi connectivity index (χ2v) is 3.67. The Balaban J connectivity index is 0.00000112. The number of aliphatic carboxylic acids is 1. The Morgan fingerprint density at radius 1 is 1.47 bits per heavy atom. The van der Waals surface area contributed by atoms with E-state index in [1.54, 1.807) is 0 Å². The molecule has 0 aliphatic heterocycles. The van der Waals surface area contributed by atoms with Gasteiger partial charge in [-0.15, -0.1) is 12.4 Å². The van der Waals surface area contributed by atoms with E-state index in [4.69, 9.17) is 10.8 Å². The number of nitrogens with two attached hydrogens (primary N) is 1. The average molecular weight is 234 g/mol. The first kappa shape index (κ1) is 11.8. The van der Waals surface area contributed by atoms with E-state index in [0.717, 1.165) is 5.69 Å². The van der Waals surface area contributed by atoms with E-state index in [2.05, 4.69) is 10.2 Å². The van der Waals surface area contributed by atoms with Gasteiger partial charge in [0.05, 0.1) is 0 Å². The van der Waals surface area contributed by atoms with Crippen LogP contribution in [0.15, 0.2) is 4.79 Å². The molecule has 1 aliphatic carbocycles. The molecule has 1 aromatic heterocycles. The van der Waals surface area contributed by atoms with Gasteiger partial charge in [0.25, 0.3) is 5.56 Å². The second-order valence-electron chi connectivity index (χ2n) is 3.67. The van der Waals surface area contributed by atoms with Gasteiger partial charge in [-0.2, -0.15) is 0 Å². The summed E-state index contributed by atoms with van der Waals surface area (Å²) in [5.74, 6) is -1.05. The van der Waals surface area contributed by atoms with Gasteiger partial charge in [0, 0.05) is 17.7 Å². The third kappa shape index (κ3) is 1.78. The number of halogens is 1. The number of aromatic nitrogens is 2. The summed E-state index contributed by atoms with van der Waals surface area (Å²) in [5.41, 5.74) is 5.37. The van der Waals surface area contributed by atoms with Crippen molar-refractivity contribution in [2.45, 2.75) is 24.8 Å². The van der Waals surface area contributed by atoms with Crippen LogP contribution in [0.4, 0.5) is 0 Å². The van der Waals surface area contributed by atoms with Crippen molar-refractivity contribution in [3.05, 3.63) is 21.6 Å². The van der Waals surface area contributed by atoms with E-state index in [1.165, 1.54) is 0 Å². The van der Waals surface area contributed by atoms with Crippen LogP contribution in [0, 0.1) is 0 Å². The number of carboxylic acids is 1. The van der Waals surface area contributed by atoms with Crippen LogP contribution in [0.1, 0.15) is 17.7 Å². The lowest BCUT2D eigenvalue weighted by atomic mass is 9.81. The van der Waals surface area contributed by atoms with Gasteiger partial charge in [-0.25, -0.2) is 0 Å². The Labute approximate surface area is 91.3 Å². The van der Waals surface area contributed by atoms with Gasteiger partial charge in [0.2, 0.25) is 0 Å².